The van der Waals surface area contributed by atoms with Crippen molar-refractivity contribution in [2.75, 3.05) is 12.3 Å². The molecule has 3 rings (SSSR count). The Morgan fingerprint density at radius 1 is 1.32 bits per heavy atom. The monoisotopic (exact) mass is 277 g/mol. The van der Waals surface area contributed by atoms with Gasteiger partial charge in [-0.1, -0.05) is 6.92 Å². The number of thiophene rings is 1. The standard InChI is InChI=1S/C14H19N3OS/c1-3-9(18-4-2)13-16-12(15)11-8-6-5-7-10(8)19-14(11)17-13/h9H,3-7H2,1-2H3,(H2,15,16,17). The summed E-state index contributed by atoms with van der Waals surface area (Å²) in [5, 5.41) is 1.09. The van der Waals surface area contributed by atoms with E-state index in [-0.39, 0.29) is 6.10 Å². The number of anilines is 1. The Morgan fingerprint density at radius 2 is 2.16 bits per heavy atom. The molecule has 0 aromatic carbocycles. The molecule has 1 unspecified atom stereocenters. The van der Waals surface area contributed by atoms with Crippen LogP contribution in [0.25, 0.3) is 10.2 Å². The first-order chi connectivity index (χ1) is 9.24. The molecule has 19 heavy (non-hydrogen) atoms. The molecule has 1 aliphatic carbocycles. The highest BCUT2D eigenvalue weighted by Gasteiger charge is 2.23. The lowest BCUT2D eigenvalue weighted by Crippen LogP contribution is -2.09. The fourth-order valence-corrected chi connectivity index (χ4v) is 4.04. The molecule has 1 atom stereocenters. The molecule has 102 valence electrons. The predicted octanol–water partition coefficient (Wildman–Crippen LogP) is 3.25. The van der Waals surface area contributed by atoms with Crippen LogP contribution in [-0.2, 0) is 17.6 Å². The minimum Gasteiger partial charge on any atom is -0.383 e. The van der Waals surface area contributed by atoms with Crippen LogP contribution in [0, 0.1) is 0 Å². The lowest BCUT2D eigenvalue weighted by atomic mass is 10.2. The molecule has 0 saturated carbocycles. The van der Waals surface area contributed by atoms with Crippen molar-refractivity contribution in [1.82, 2.24) is 9.97 Å². The maximum Gasteiger partial charge on any atom is 0.161 e. The third kappa shape index (κ3) is 2.11. The van der Waals surface area contributed by atoms with Crippen molar-refractivity contribution in [1.29, 1.82) is 0 Å². The maximum atomic E-state index is 6.16. The van der Waals surface area contributed by atoms with E-state index in [2.05, 4.69) is 11.9 Å². The first-order valence-corrected chi connectivity index (χ1v) is 7.75. The summed E-state index contributed by atoms with van der Waals surface area (Å²) in [5.74, 6) is 1.35. The minimum absolute atomic E-state index is 0.0476. The molecule has 0 amide bonds. The van der Waals surface area contributed by atoms with Crippen LogP contribution >= 0.6 is 11.3 Å². The van der Waals surface area contributed by atoms with Crippen molar-refractivity contribution in [3.8, 4) is 0 Å². The van der Waals surface area contributed by atoms with Gasteiger partial charge in [-0.3, -0.25) is 0 Å². The van der Waals surface area contributed by atoms with Crippen LogP contribution in [0.4, 0.5) is 5.82 Å². The smallest absolute Gasteiger partial charge is 0.161 e. The van der Waals surface area contributed by atoms with Crippen LogP contribution in [0.2, 0.25) is 0 Å². The van der Waals surface area contributed by atoms with Gasteiger partial charge in [-0.05, 0) is 38.2 Å². The molecule has 2 aromatic heterocycles. The number of fused-ring (bicyclic) bond motifs is 3. The molecule has 0 spiro atoms. The molecule has 0 radical (unpaired) electrons. The number of nitrogens with zero attached hydrogens (tertiary/aromatic N) is 2. The van der Waals surface area contributed by atoms with Gasteiger partial charge in [0, 0.05) is 11.5 Å². The quantitative estimate of drug-likeness (QED) is 0.932. The number of nitrogens with two attached hydrogens (primary N) is 1. The lowest BCUT2D eigenvalue weighted by Gasteiger charge is -2.14. The topological polar surface area (TPSA) is 61.0 Å². The molecular weight excluding hydrogens is 258 g/mol. The highest BCUT2D eigenvalue weighted by molar-refractivity contribution is 7.19. The number of hydrogen-bond acceptors (Lipinski definition) is 5. The number of hydrogen-bond donors (Lipinski definition) is 1. The molecule has 0 bridgehead atoms. The van der Waals surface area contributed by atoms with E-state index in [1.165, 1.54) is 16.9 Å². The Kier molecular flexibility index (Phi) is 3.41. The second-order valence-corrected chi connectivity index (χ2v) is 5.94. The van der Waals surface area contributed by atoms with Gasteiger partial charge in [-0.15, -0.1) is 11.3 Å². The number of ether oxygens (including phenoxy) is 1. The summed E-state index contributed by atoms with van der Waals surface area (Å²) < 4.78 is 5.68. The highest BCUT2D eigenvalue weighted by atomic mass is 32.1. The molecule has 1 aliphatic rings. The van der Waals surface area contributed by atoms with Gasteiger partial charge in [0.05, 0.1) is 5.39 Å². The van der Waals surface area contributed by atoms with E-state index in [0.717, 1.165) is 35.3 Å². The van der Waals surface area contributed by atoms with Crippen LogP contribution in [0.15, 0.2) is 0 Å². The van der Waals surface area contributed by atoms with E-state index in [1.54, 1.807) is 11.3 Å². The summed E-state index contributed by atoms with van der Waals surface area (Å²) >= 11 is 1.77. The van der Waals surface area contributed by atoms with E-state index >= 15 is 0 Å². The molecule has 5 heteroatoms. The van der Waals surface area contributed by atoms with Crippen LogP contribution in [0.1, 0.15) is 49.1 Å². The van der Waals surface area contributed by atoms with Gasteiger partial charge in [0.1, 0.15) is 16.8 Å². The molecule has 0 fully saturated rings. The second kappa shape index (κ2) is 5.06. The molecule has 0 aliphatic heterocycles. The molecule has 0 saturated heterocycles. The lowest BCUT2D eigenvalue weighted by molar-refractivity contribution is 0.0539. The van der Waals surface area contributed by atoms with Crippen LogP contribution in [-0.4, -0.2) is 16.6 Å². The van der Waals surface area contributed by atoms with Gasteiger partial charge < -0.3 is 10.5 Å². The van der Waals surface area contributed by atoms with Crippen molar-refractivity contribution < 1.29 is 4.74 Å². The van der Waals surface area contributed by atoms with Crippen molar-refractivity contribution >= 4 is 27.4 Å². The molecular formula is C14H19N3OS. The maximum absolute atomic E-state index is 6.16. The van der Waals surface area contributed by atoms with E-state index in [9.17, 15) is 0 Å². The summed E-state index contributed by atoms with van der Waals surface area (Å²) in [5.41, 5.74) is 7.55. The minimum atomic E-state index is -0.0476. The zero-order chi connectivity index (χ0) is 13.4. The SMILES string of the molecule is CCOC(CC)c1nc(N)c2c3c(sc2n1)CCC3. The van der Waals surface area contributed by atoms with Crippen molar-refractivity contribution in [2.24, 2.45) is 0 Å². The van der Waals surface area contributed by atoms with Crippen molar-refractivity contribution in [3.63, 3.8) is 0 Å². The fraction of sp³-hybridized carbons (Fsp3) is 0.571. The first kappa shape index (κ1) is 12.8. The van der Waals surface area contributed by atoms with Gasteiger partial charge in [0.25, 0.3) is 0 Å². The zero-order valence-corrected chi connectivity index (χ0v) is 12.2. The number of aromatic nitrogens is 2. The normalized spacial score (nSPS) is 15.9. The third-order valence-electron chi connectivity index (χ3n) is 3.64. The third-order valence-corrected chi connectivity index (χ3v) is 4.82. The van der Waals surface area contributed by atoms with E-state index in [4.69, 9.17) is 15.5 Å². The molecule has 2 aromatic rings. The van der Waals surface area contributed by atoms with Gasteiger partial charge in [0.15, 0.2) is 5.82 Å². The molecule has 2 heterocycles. The Morgan fingerprint density at radius 3 is 2.89 bits per heavy atom. The van der Waals surface area contributed by atoms with E-state index in [1.807, 2.05) is 6.92 Å². The van der Waals surface area contributed by atoms with E-state index in [0.29, 0.717) is 12.4 Å². The van der Waals surface area contributed by atoms with E-state index < -0.39 is 0 Å². The van der Waals surface area contributed by atoms with Crippen LogP contribution < -0.4 is 5.73 Å². The van der Waals surface area contributed by atoms with Crippen molar-refractivity contribution in [3.05, 3.63) is 16.3 Å². The Balaban J connectivity index is 2.10. The molecule has 4 nitrogen and oxygen atoms in total. The van der Waals surface area contributed by atoms with Gasteiger partial charge in [-0.25, -0.2) is 9.97 Å². The van der Waals surface area contributed by atoms with Gasteiger partial charge >= 0.3 is 0 Å². The van der Waals surface area contributed by atoms with Crippen LogP contribution in [0.3, 0.4) is 0 Å². The average Bonchev–Trinajstić information content (AvgIpc) is 2.95. The molecule has 2 N–H and O–H groups in total. The fourth-order valence-electron chi connectivity index (χ4n) is 2.76. The Bertz CT molecular complexity index is 608. The summed E-state index contributed by atoms with van der Waals surface area (Å²) in [6.45, 7) is 4.74. The predicted molar refractivity (Wildman–Crippen MR) is 78.5 cm³/mol. The Labute approximate surface area is 117 Å². The first-order valence-electron chi connectivity index (χ1n) is 6.93. The number of rotatable bonds is 4. The highest BCUT2D eigenvalue weighted by Crippen LogP contribution is 2.39. The summed E-state index contributed by atoms with van der Waals surface area (Å²) in [6, 6.07) is 0. The average molecular weight is 277 g/mol. The largest absolute Gasteiger partial charge is 0.383 e. The second-order valence-electron chi connectivity index (χ2n) is 4.86. The summed E-state index contributed by atoms with van der Waals surface area (Å²) in [4.78, 5) is 11.7. The Hall–Kier alpha value is -1.20. The zero-order valence-electron chi connectivity index (χ0n) is 11.4. The van der Waals surface area contributed by atoms with Crippen molar-refractivity contribution in [2.45, 2.75) is 45.6 Å². The van der Waals surface area contributed by atoms with Gasteiger partial charge in [-0.2, -0.15) is 0 Å². The number of aryl methyl sites for hydroxylation is 2. The summed E-state index contributed by atoms with van der Waals surface area (Å²) in [7, 11) is 0. The van der Waals surface area contributed by atoms with Crippen LogP contribution in [0.5, 0.6) is 0 Å². The number of nitrogen functional groups attached to an aromatic ring is 1. The summed E-state index contributed by atoms with van der Waals surface area (Å²) in [6.07, 6.45) is 4.32. The van der Waals surface area contributed by atoms with Gasteiger partial charge in [0.2, 0.25) is 0 Å².